The van der Waals surface area contributed by atoms with Crippen molar-refractivity contribution in [2.75, 3.05) is 5.32 Å². The summed E-state index contributed by atoms with van der Waals surface area (Å²) in [6.07, 6.45) is 0. The molecule has 3 aromatic rings. The van der Waals surface area contributed by atoms with Crippen LogP contribution in [0.25, 0.3) is 11.0 Å². The molecular weight excluding hydrogens is 321 g/mol. The first-order chi connectivity index (χ1) is 10.5. The van der Waals surface area contributed by atoms with Crippen molar-refractivity contribution < 1.29 is 9.21 Å². The van der Waals surface area contributed by atoms with Crippen LogP contribution in [0.3, 0.4) is 0 Å². The van der Waals surface area contributed by atoms with Gasteiger partial charge < -0.3 is 9.73 Å². The van der Waals surface area contributed by atoms with E-state index >= 15 is 0 Å². The molecule has 22 heavy (non-hydrogen) atoms. The monoisotopic (exact) mass is 333 g/mol. The molecule has 0 atom stereocenters. The number of nitrogens with one attached hydrogen (secondary N) is 1. The first kappa shape index (κ1) is 14.9. The van der Waals surface area contributed by atoms with Crippen molar-refractivity contribution in [1.29, 1.82) is 0 Å². The number of carbonyl (C=O) groups excluding carboxylic acids is 1. The Bertz CT molecular complexity index is 884. The topological polar surface area (TPSA) is 42.2 Å². The van der Waals surface area contributed by atoms with Crippen molar-refractivity contribution in [3.8, 4) is 0 Å². The van der Waals surface area contributed by atoms with Crippen LogP contribution < -0.4 is 5.32 Å². The standard InChI is InChI=1S/C17H13Cl2NO2/c1-9-8-11(18)6-7-14(9)20-17(21)15-10(2)12-4-3-5-13(19)16(12)22-15/h3-8H,1-2H3,(H,20,21). The fourth-order valence-electron chi connectivity index (χ4n) is 2.37. The summed E-state index contributed by atoms with van der Waals surface area (Å²) in [5.74, 6) is -0.0485. The van der Waals surface area contributed by atoms with Gasteiger partial charge in [-0.2, -0.15) is 0 Å². The molecule has 0 aliphatic rings. The van der Waals surface area contributed by atoms with Crippen LogP contribution >= 0.6 is 23.2 Å². The summed E-state index contributed by atoms with van der Waals surface area (Å²) in [7, 11) is 0. The minimum atomic E-state index is -0.310. The molecule has 1 aromatic heterocycles. The molecule has 3 nitrogen and oxygen atoms in total. The van der Waals surface area contributed by atoms with Gasteiger partial charge in [0.2, 0.25) is 0 Å². The molecule has 1 N–H and O–H groups in total. The summed E-state index contributed by atoms with van der Waals surface area (Å²) in [5, 5.41) is 4.79. The number of rotatable bonds is 2. The predicted octanol–water partition coefficient (Wildman–Crippen LogP) is 5.61. The number of halogens is 2. The Morgan fingerprint density at radius 1 is 1.14 bits per heavy atom. The highest BCUT2D eigenvalue weighted by molar-refractivity contribution is 6.35. The van der Waals surface area contributed by atoms with Gasteiger partial charge >= 0.3 is 0 Å². The molecule has 1 amide bonds. The molecule has 0 saturated heterocycles. The maximum absolute atomic E-state index is 12.5. The third kappa shape index (κ3) is 2.58. The van der Waals surface area contributed by atoms with Gasteiger partial charge in [0.25, 0.3) is 5.91 Å². The Kier molecular flexibility index (Phi) is 3.85. The van der Waals surface area contributed by atoms with Crippen LogP contribution in [-0.2, 0) is 0 Å². The van der Waals surface area contributed by atoms with E-state index < -0.39 is 0 Å². The second kappa shape index (κ2) is 5.67. The van der Waals surface area contributed by atoms with Crippen LogP contribution in [0.2, 0.25) is 10.0 Å². The summed E-state index contributed by atoms with van der Waals surface area (Å²) in [5.41, 5.74) is 2.87. The number of hydrogen-bond donors (Lipinski definition) is 1. The highest BCUT2D eigenvalue weighted by Gasteiger charge is 2.19. The van der Waals surface area contributed by atoms with E-state index in [9.17, 15) is 4.79 Å². The number of anilines is 1. The summed E-state index contributed by atoms with van der Waals surface area (Å²) >= 11 is 12.0. The lowest BCUT2D eigenvalue weighted by molar-refractivity contribution is 0.0998. The molecule has 0 aliphatic heterocycles. The molecule has 0 radical (unpaired) electrons. The van der Waals surface area contributed by atoms with Crippen LogP contribution in [0.5, 0.6) is 0 Å². The molecule has 0 fully saturated rings. The number of aryl methyl sites for hydroxylation is 2. The van der Waals surface area contributed by atoms with Crippen LogP contribution in [0.1, 0.15) is 21.7 Å². The smallest absolute Gasteiger partial charge is 0.291 e. The molecular formula is C17H13Cl2NO2. The lowest BCUT2D eigenvalue weighted by atomic mass is 10.1. The van der Waals surface area contributed by atoms with E-state index in [2.05, 4.69) is 5.32 Å². The van der Waals surface area contributed by atoms with Crippen molar-refractivity contribution in [1.82, 2.24) is 0 Å². The number of fused-ring (bicyclic) bond motifs is 1. The minimum Gasteiger partial charge on any atom is -0.449 e. The third-order valence-corrected chi connectivity index (χ3v) is 4.09. The van der Waals surface area contributed by atoms with E-state index in [1.54, 1.807) is 24.3 Å². The van der Waals surface area contributed by atoms with Gasteiger partial charge in [0.05, 0.1) is 5.02 Å². The maximum atomic E-state index is 12.5. The van der Waals surface area contributed by atoms with Crippen molar-refractivity contribution in [3.63, 3.8) is 0 Å². The largest absolute Gasteiger partial charge is 0.449 e. The summed E-state index contributed by atoms with van der Waals surface area (Å²) in [4.78, 5) is 12.5. The van der Waals surface area contributed by atoms with E-state index in [1.165, 1.54) is 0 Å². The summed E-state index contributed by atoms with van der Waals surface area (Å²) in [6, 6.07) is 10.7. The van der Waals surface area contributed by atoms with Gasteiger partial charge in [-0.25, -0.2) is 0 Å². The second-order valence-electron chi connectivity index (χ2n) is 5.09. The van der Waals surface area contributed by atoms with Gasteiger partial charge in [0, 0.05) is 21.7 Å². The second-order valence-corrected chi connectivity index (χ2v) is 5.93. The molecule has 0 aliphatic carbocycles. The van der Waals surface area contributed by atoms with E-state index in [0.717, 1.165) is 16.5 Å². The number of amides is 1. The zero-order chi connectivity index (χ0) is 15.9. The van der Waals surface area contributed by atoms with Gasteiger partial charge in [-0.05, 0) is 43.7 Å². The van der Waals surface area contributed by atoms with E-state index in [1.807, 2.05) is 26.0 Å². The highest BCUT2D eigenvalue weighted by atomic mass is 35.5. The zero-order valence-electron chi connectivity index (χ0n) is 12.0. The maximum Gasteiger partial charge on any atom is 0.291 e. The number of benzene rings is 2. The molecule has 0 spiro atoms. The lowest BCUT2D eigenvalue weighted by Gasteiger charge is -2.07. The van der Waals surface area contributed by atoms with Crippen molar-refractivity contribution in [2.24, 2.45) is 0 Å². The number of para-hydroxylation sites is 1. The predicted molar refractivity (Wildman–Crippen MR) is 90.1 cm³/mol. The molecule has 0 saturated carbocycles. The fraction of sp³-hybridized carbons (Fsp3) is 0.118. The molecule has 1 heterocycles. The van der Waals surface area contributed by atoms with Gasteiger partial charge in [0.1, 0.15) is 0 Å². The quantitative estimate of drug-likeness (QED) is 0.662. The van der Waals surface area contributed by atoms with Gasteiger partial charge in [-0.3, -0.25) is 4.79 Å². The van der Waals surface area contributed by atoms with Crippen molar-refractivity contribution >= 4 is 45.8 Å². The molecule has 2 aromatic carbocycles. The molecule has 112 valence electrons. The highest BCUT2D eigenvalue weighted by Crippen LogP contribution is 2.31. The first-order valence-corrected chi connectivity index (χ1v) is 7.48. The average molecular weight is 334 g/mol. The average Bonchev–Trinajstić information content (AvgIpc) is 2.81. The number of furan rings is 1. The lowest BCUT2D eigenvalue weighted by Crippen LogP contribution is -2.12. The summed E-state index contributed by atoms with van der Waals surface area (Å²) < 4.78 is 5.66. The van der Waals surface area contributed by atoms with Crippen LogP contribution in [0, 0.1) is 13.8 Å². The fourth-order valence-corrected chi connectivity index (χ4v) is 2.81. The summed E-state index contributed by atoms with van der Waals surface area (Å²) in [6.45, 7) is 3.72. The van der Waals surface area contributed by atoms with Crippen molar-refractivity contribution in [3.05, 3.63) is 63.3 Å². The van der Waals surface area contributed by atoms with Crippen LogP contribution in [0.4, 0.5) is 5.69 Å². The third-order valence-electron chi connectivity index (χ3n) is 3.56. The zero-order valence-corrected chi connectivity index (χ0v) is 13.5. The molecule has 5 heteroatoms. The number of hydrogen-bond acceptors (Lipinski definition) is 2. The van der Waals surface area contributed by atoms with Crippen molar-refractivity contribution in [2.45, 2.75) is 13.8 Å². The minimum absolute atomic E-state index is 0.262. The normalized spacial score (nSPS) is 10.9. The van der Waals surface area contributed by atoms with Crippen LogP contribution in [0.15, 0.2) is 40.8 Å². The first-order valence-electron chi connectivity index (χ1n) is 6.72. The van der Waals surface area contributed by atoms with Crippen LogP contribution in [-0.4, -0.2) is 5.91 Å². The van der Waals surface area contributed by atoms with E-state index in [4.69, 9.17) is 27.6 Å². The number of carbonyl (C=O) groups is 1. The molecule has 0 unspecified atom stereocenters. The Balaban J connectivity index is 1.99. The van der Waals surface area contributed by atoms with Gasteiger partial charge in [-0.1, -0.05) is 35.3 Å². The molecule has 0 bridgehead atoms. The van der Waals surface area contributed by atoms with Gasteiger partial charge in [-0.15, -0.1) is 0 Å². The Hall–Kier alpha value is -1.97. The Labute approximate surface area is 137 Å². The Morgan fingerprint density at radius 3 is 2.59 bits per heavy atom. The van der Waals surface area contributed by atoms with E-state index in [0.29, 0.717) is 21.3 Å². The van der Waals surface area contributed by atoms with E-state index in [-0.39, 0.29) is 11.7 Å². The SMILES string of the molecule is Cc1cc(Cl)ccc1NC(=O)c1oc2c(Cl)cccc2c1C. The molecule has 3 rings (SSSR count). The Morgan fingerprint density at radius 2 is 1.91 bits per heavy atom. The van der Waals surface area contributed by atoms with Gasteiger partial charge in [0.15, 0.2) is 11.3 Å².